The summed E-state index contributed by atoms with van der Waals surface area (Å²) in [5, 5.41) is 7.07. The Hall–Kier alpha value is -1.52. The summed E-state index contributed by atoms with van der Waals surface area (Å²) in [6.07, 6.45) is 0. The van der Waals surface area contributed by atoms with Crippen LogP contribution in [0.5, 0.6) is 0 Å². The average molecular weight is 170 g/mol. The summed E-state index contributed by atoms with van der Waals surface area (Å²) in [5.74, 6) is 0.303. The van der Waals surface area contributed by atoms with E-state index >= 15 is 0 Å². The van der Waals surface area contributed by atoms with Gasteiger partial charge in [0.2, 0.25) is 5.88 Å². The Morgan fingerprint density at radius 2 is 1.83 bits per heavy atom. The minimum atomic E-state index is 0.123. The summed E-state index contributed by atoms with van der Waals surface area (Å²) >= 11 is 0. The van der Waals surface area contributed by atoms with Crippen LogP contribution in [-0.2, 0) is 4.74 Å². The number of hydrogen-bond acceptors (Lipinski definition) is 4. The zero-order valence-electron chi connectivity index (χ0n) is 7.51. The van der Waals surface area contributed by atoms with Gasteiger partial charge in [-0.15, -0.1) is 0 Å². The van der Waals surface area contributed by atoms with Gasteiger partial charge >= 0.3 is 0 Å². The Morgan fingerprint density at radius 1 is 1.33 bits per heavy atom. The molecule has 0 amide bonds. The standard InChI is InChI=1S/C7H14N4O/c1-4(11-5(2)8)6(9)7(10)12-3/h8H,9-10H2,1-3H3. The minimum absolute atomic E-state index is 0.123. The van der Waals surface area contributed by atoms with Crippen LogP contribution in [0.4, 0.5) is 0 Å². The molecule has 12 heavy (non-hydrogen) atoms. The maximum atomic E-state index is 7.07. The predicted octanol–water partition coefficient (Wildman–Crippen LogP) is 0.177. The number of ether oxygens (including phenoxy) is 1. The van der Waals surface area contributed by atoms with Gasteiger partial charge in [-0.05, 0) is 13.8 Å². The van der Waals surface area contributed by atoms with Crippen molar-refractivity contribution in [1.29, 1.82) is 5.41 Å². The van der Waals surface area contributed by atoms with E-state index in [0.29, 0.717) is 5.71 Å². The summed E-state index contributed by atoms with van der Waals surface area (Å²) in [6.45, 7) is 3.22. The molecule has 0 heterocycles. The molecule has 0 atom stereocenters. The third-order valence-corrected chi connectivity index (χ3v) is 1.21. The molecule has 0 aliphatic heterocycles. The molecular formula is C7H14N4O. The van der Waals surface area contributed by atoms with Gasteiger partial charge in [0.05, 0.1) is 12.8 Å². The number of nitrogens with one attached hydrogen (secondary N) is 1. The molecule has 5 nitrogen and oxygen atoms in total. The van der Waals surface area contributed by atoms with Crippen LogP contribution in [0.1, 0.15) is 13.8 Å². The van der Waals surface area contributed by atoms with Gasteiger partial charge in [0, 0.05) is 0 Å². The fourth-order valence-corrected chi connectivity index (χ4v) is 0.600. The van der Waals surface area contributed by atoms with Crippen LogP contribution in [0.25, 0.3) is 0 Å². The molecule has 0 aliphatic carbocycles. The number of allylic oxidation sites excluding steroid dienone is 1. The molecule has 0 rings (SSSR count). The molecular weight excluding hydrogens is 156 g/mol. The third-order valence-electron chi connectivity index (χ3n) is 1.21. The van der Waals surface area contributed by atoms with Crippen molar-refractivity contribution >= 4 is 11.5 Å². The van der Waals surface area contributed by atoms with Gasteiger partial charge < -0.3 is 16.2 Å². The lowest BCUT2D eigenvalue weighted by Crippen LogP contribution is -2.17. The molecule has 0 unspecified atom stereocenters. The highest BCUT2D eigenvalue weighted by Crippen LogP contribution is 1.95. The first-order chi connectivity index (χ1) is 5.49. The number of hydrogen-bond donors (Lipinski definition) is 3. The SMILES string of the molecule is COC(N)=C(N)C(C)=NC(C)=N. The molecule has 0 aromatic heterocycles. The fourth-order valence-electron chi connectivity index (χ4n) is 0.600. The van der Waals surface area contributed by atoms with E-state index in [1.165, 1.54) is 7.11 Å². The van der Waals surface area contributed by atoms with Gasteiger partial charge in [-0.1, -0.05) is 0 Å². The van der Waals surface area contributed by atoms with E-state index in [1.807, 2.05) is 0 Å². The minimum Gasteiger partial charge on any atom is -0.481 e. The molecule has 5 N–H and O–H groups in total. The molecule has 0 radical (unpaired) electrons. The van der Waals surface area contributed by atoms with E-state index in [0.717, 1.165) is 0 Å². The van der Waals surface area contributed by atoms with Gasteiger partial charge in [0.1, 0.15) is 11.5 Å². The highest BCUT2D eigenvalue weighted by atomic mass is 16.5. The second-order valence-electron chi connectivity index (χ2n) is 2.26. The van der Waals surface area contributed by atoms with Crippen molar-refractivity contribution in [2.24, 2.45) is 16.5 Å². The molecule has 0 aromatic rings. The molecule has 0 fully saturated rings. The van der Waals surface area contributed by atoms with E-state index in [2.05, 4.69) is 4.99 Å². The lowest BCUT2D eigenvalue weighted by Gasteiger charge is -2.04. The van der Waals surface area contributed by atoms with E-state index in [4.69, 9.17) is 21.6 Å². The highest BCUT2D eigenvalue weighted by molar-refractivity contribution is 6.04. The second kappa shape index (κ2) is 4.38. The maximum absolute atomic E-state index is 7.07. The van der Waals surface area contributed by atoms with Gasteiger partial charge in [0.25, 0.3) is 0 Å². The Morgan fingerprint density at radius 3 is 2.17 bits per heavy atom. The van der Waals surface area contributed by atoms with Crippen LogP contribution in [0.3, 0.4) is 0 Å². The molecule has 0 aliphatic rings. The van der Waals surface area contributed by atoms with E-state index in [-0.39, 0.29) is 17.4 Å². The Kier molecular flexibility index (Phi) is 3.82. The van der Waals surface area contributed by atoms with Crippen LogP contribution in [0.2, 0.25) is 0 Å². The van der Waals surface area contributed by atoms with Crippen LogP contribution in [0.15, 0.2) is 16.6 Å². The monoisotopic (exact) mass is 170 g/mol. The predicted molar refractivity (Wildman–Crippen MR) is 48.9 cm³/mol. The molecule has 0 bridgehead atoms. The Balaban J connectivity index is 4.70. The van der Waals surface area contributed by atoms with Crippen LogP contribution in [0, 0.1) is 5.41 Å². The Bertz CT molecular complexity index is 242. The van der Waals surface area contributed by atoms with Gasteiger partial charge in [-0.2, -0.15) is 0 Å². The van der Waals surface area contributed by atoms with Crippen molar-refractivity contribution in [2.75, 3.05) is 7.11 Å². The first-order valence-electron chi connectivity index (χ1n) is 3.39. The van der Waals surface area contributed by atoms with Crippen molar-refractivity contribution in [2.45, 2.75) is 13.8 Å². The number of nitrogens with two attached hydrogens (primary N) is 2. The third kappa shape index (κ3) is 3.05. The maximum Gasteiger partial charge on any atom is 0.209 e. The van der Waals surface area contributed by atoms with Crippen LogP contribution in [-0.4, -0.2) is 18.7 Å². The van der Waals surface area contributed by atoms with Gasteiger partial charge in [0.15, 0.2) is 0 Å². The summed E-state index contributed by atoms with van der Waals surface area (Å²) in [7, 11) is 1.42. The number of rotatable bonds is 2. The number of aliphatic imine (C=N–C) groups is 1. The fraction of sp³-hybridized carbons (Fsp3) is 0.429. The molecule has 68 valence electrons. The van der Waals surface area contributed by atoms with Crippen LogP contribution < -0.4 is 11.5 Å². The largest absolute Gasteiger partial charge is 0.481 e. The van der Waals surface area contributed by atoms with Crippen molar-refractivity contribution < 1.29 is 4.74 Å². The van der Waals surface area contributed by atoms with E-state index in [1.54, 1.807) is 13.8 Å². The quantitative estimate of drug-likeness (QED) is 0.313. The lowest BCUT2D eigenvalue weighted by atomic mass is 10.3. The number of methoxy groups -OCH3 is 1. The molecule has 0 spiro atoms. The zero-order chi connectivity index (χ0) is 9.72. The molecule has 0 aromatic carbocycles. The van der Waals surface area contributed by atoms with Gasteiger partial charge in [-0.3, -0.25) is 5.41 Å². The van der Waals surface area contributed by atoms with E-state index < -0.39 is 0 Å². The number of nitrogens with zero attached hydrogens (tertiary/aromatic N) is 1. The first-order valence-corrected chi connectivity index (χ1v) is 3.39. The number of amidine groups is 1. The normalized spacial score (nSPS) is 13.8. The summed E-state index contributed by atoms with van der Waals surface area (Å²) in [6, 6.07) is 0. The van der Waals surface area contributed by atoms with Gasteiger partial charge in [-0.25, -0.2) is 4.99 Å². The summed E-state index contributed by atoms with van der Waals surface area (Å²) in [5.41, 5.74) is 11.7. The smallest absolute Gasteiger partial charge is 0.209 e. The highest BCUT2D eigenvalue weighted by Gasteiger charge is 2.02. The lowest BCUT2D eigenvalue weighted by molar-refractivity contribution is 0.284. The van der Waals surface area contributed by atoms with Crippen LogP contribution >= 0.6 is 0 Å². The van der Waals surface area contributed by atoms with E-state index in [9.17, 15) is 0 Å². The van der Waals surface area contributed by atoms with Crippen molar-refractivity contribution in [3.8, 4) is 0 Å². The molecule has 5 heteroatoms. The Labute approximate surface area is 71.6 Å². The van der Waals surface area contributed by atoms with Crippen molar-refractivity contribution in [1.82, 2.24) is 0 Å². The van der Waals surface area contributed by atoms with Crippen molar-refractivity contribution in [3.63, 3.8) is 0 Å². The second-order valence-corrected chi connectivity index (χ2v) is 2.26. The molecule has 0 saturated heterocycles. The summed E-state index contributed by atoms with van der Waals surface area (Å²) < 4.78 is 4.70. The van der Waals surface area contributed by atoms with Crippen molar-refractivity contribution in [3.05, 3.63) is 11.6 Å². The zero-order valence-corrected chi connectivity index (χ0v) is 7.51. The first kappa shape index (κ1) is 10.5. The topological polar surface area (TPSA) is 97.5 Å². The molecule has 0 saturated carbocycles. The average Bonchev–Trinajstić information content (AvgIpc) is 2.00. The summed E-state index contributed by atoms with van der Waals surface area (Å²) in [4.78, 5) is 3.80.